The van der Waals surface area contributed by atoms with Crippen LogP contribution in [0.4, 0.5) is 5.69 Å². The summed E-state index contributed by atoms with van der Waals surface area (Å²) in [5.74, 6) is -0.256. The Kier molecular flexibility index (Phi) is 8.62. The van der Waals surface area contributed by atoms with E-state index in [9.17, 15) is 14.4 Å². The molecule has 3 rings (SSSR count). The lowest BCUT2D eigenvalue weighted by molar-refractivity contribution is -0.124. The Balaban J connectivity index is 1.50. The molecular formula is C26H26N2O6. The molecule has 0 bridgehead atoms. The van der Waals surface area contributed by atoms with Crippen molar-refractivity contribution in [1.29, 1.82) is 0 Å². The fraction of sp³-hybridized carbons (Fsp3) is 0.192. The van der Waals surface area contributed by atoms with Gasteiger partial charge in [-0.3, -0.25) is 9.59 Å². The van der Waals surface area contributed by atoms with Gasteiger partial charge in [-0.1, -0.05) is 36.4 Å². The third kappa shape index (κ3) is 6.59. The van der Waals surface area contributed by atoms with Gasteiger partial charge in [-0.15, -0.1) is 0 Å². The Morgan fingerprint density at radius 2 is 1.53 bits per heavy atom. The van der Waals surface area contributed by atoms with E-state index in [1.54, 1.807) is 68.8 Å². The fourth-order valence-corrected chi connectivity index (χ4v) is 3.20. The van der Waals surface area contributed by atoms with Crippen molar-refractivity contribution in [2.75, 3.05) is 32.7 Å². The molecule has 0 aliphatic heterocycles. The summed E-state index contributed by atoms with van der Waals surface area (Å²) in [4.78, 5) is 37.1. The topological polar surface area (TPSA) is 103 Å². The molecule has 34 heavy (non-hydrogen) atoms. The molecule has 0 aliphatic carbocycles. The number of rotatable bonds is 10. The van der Waals surface area contributed by atoms with Crippen molar-refractivity contribution in [3.63, 3.8) is 0 Å². The number of carbonyl (C=O) groups excluding carboxylic acids is 3. The van der Waals surface area contributed by atoms with Gasteiger partial charge in [0.05, 0.1) is 25.5 Å². The number of hydrogen-bond donors (Lipinski definition) is 2. The molecule has 176 valence electrons. The maximum Gasteiger partial charge on any atom is 0.340 e. The van der Waals surface area contributed by atoms with E-state index in [1.807, 2.05) is 12.1 Å². The summed E-state index contributed by atoms with van der Waals surface area (Å²) >= 11 is 0. The average Bonchev–Trinajstić information content (AvgIpc) is 2.88. The fourth-order valence-electron chi connectivity index (χ4n) is 3.20. The minimum Gasteiger partial charge on any atom is -0.493 e. The van der Waals surface area contributed by atoms with E-state index in [-0.39, 0.29) is 11.5 Å². The van der Waals surface area contributed by atoms with Crippen LogP contribution in [0, 0.1) is 0 Å². The molecule has 0 saturated carbocycles. The van der Waals surface area contributed by atoms with E-state index in [0.717, 1.165) is 5.56 Å². The summed E-state index contributed by atoms with van der Waals surface area (Å²) in [6.07, 6.45) is 0.564. The molecule has 0 fully saturated rings. The first kappa shape index (κ1) is 24.3. The van der Waals surface area contributed by atoms with Gasteiger partial charge < -0.3 is 24.8 Å². The zero-order chi connectivity index (χ0) is 24.3. The minimum absolute atomic E-state index is 0.157. The highest BCUT2D eigenvalue weighted by Gasteiger charge is 2.16. The highest BCUT2D eigenvalue weighted by molar-refractivity contribution is 6.08. The second-order valence-corrected chi connectivity index (χ2v) is 7.23. The van der Waals surface area contributed by atoms with Crippen LogP contribution in [0.5, 0.6) is 11.5 Å². The van der Waals surface area contributed by atoms with E-state index in [2.05, 4.69) is 10.6 Å². The van der Waals surface area contributed by atoms with Gasteiger partial charge in [0.2, 0.25) is 0 Å². The molecule has 0 spiro atoms. The van der Waals surface area contributed by atoms with Crippen LogP contribution in [0.3, 0.4) is 0 Å². The predicted octanol–water partition coefficient (Wildman–Crippen LogP) is 3.47. The van der Waals surface area contributed by atoms with Gasteiger partial charge >= 0.3 is 5.97 Å². The van der Waals surface area contributed by atoms with Gasteiger partial charge in [0.1, 0.15) is 0 Å². The highest BCUT2D eigenvalue weighted by Crippen LogP contribution is 2.27. The van der Waals surface area contributed by atoms with Crippen LogP contribution in [0.25, 0.3) is 0 Å². The second-order valence-electron chi connectivity index (χ2n) is 7.23. The van der Waals surface area contributed by atoms with Gasteiger partial charge in [-0.2, -0.15) is 0 Å². The van der Waals surface area contributed by atoms with Crippen LogP contribution in [-0.4, -0.2) is 45.2 Å². The van der Waals surface area contributed by atoms with Crippen molar-refractivity contribution in [3.05, 3.63) is 89.5 Å². The molecule has 0 radical (unpaired) electrons. The molecule has 2 N–H and O–H groups in total. The lowest BCUT2D eigenvalue weighted by Gasteiger charge is -2.12. The van der Waals surface area contributed by atoms with Crippen molar-refractivity contribution in [2.45, 2.75) is 6.42 Å². The molecule has 0 saturated heterocycles. The summed E-state index contributed by atoms with van der Waals surface area (Å²) in [5.41, 5.74) is 1.87. The zero-order valence-electron chi connectivity index (χ0n) is 19.0. The molecule has 3 aromatic rings. The number of anilines is 1. The molecule has 0 heterocycles. The van der Waals surface area contributed by atoms with Gasteiger partial charge in [-0.25, -0.2) is 4.79 Å². The number of methoxy groups -OCH3 is 2. The lowest BCUT2D eigenvalue weighted by atomic mass is 10.1. The first-order valence-electron chi connectivity index (χ1n) is 10.6. The van der Waals surface area contributed by atoms with Gasteiger partial charge in [-0.05, 0) is 48.4 Å². The van der Waals surface area contributed by atoms with Crippen molar-refractivity contribution >= 4 is 23.5 Å². The van der Waals surface area contributed by atoms with Crippen LogP contribution < -0.4 is 20.1 Å². The Morgan fingerprint density at radius 3 is 2.26 bits per heavy atom. The standard InChI is InChI=1S/C26H26N2O6/c1-32-22-13-12-18(16-23(22)33-2)14-15-27-24(29)17-34-26(31)20-10-6-7-11-21(20)28-25(30)19-8-4-3-5-9-19/h3-13,16H,14-15,17H2,1-2H3,(H,27,29)(H,28,30). The number of para-hydroxylation sites is 1. The first-order valence-corrected chi connectivity index (χ1v) is 10.6. The number of ether oxygens (including phenoxy) is 3. The Hall–Kier alpha value is -4.33. The maximum atomic E-state index is 12.5. The van der Waals surface area contributed by atoms with Crippen LogP contribution >= 0.6 is 0 Å². The summed E-state index contributed by atoms with van der Waals surface area (Å²) in [6.45, 7) is -0.0820. The number of hydrogen-bond acceptors (Lipinski definition) is 6. The molecular weight excluding hydrogens is 436 g/mol. The molecule has 0 unspecified atom stereocenters. The monoisotopic (exact) mass is 462 g/mol. The minimum atomic E-state index is -0.709. The molecule has 0 aromatic heterocycles. The van der Waals surface area contributed by atoms with E-state index < -0.39 is 18.5 Å². The normalized spacial score (nSPS) is 10.2. The Labute approximate surface area is 197 Å². The van der Waals surface area contributed by atoms with Crippen molar-refractivity contribution in [1.82, 2.24) is 5.32 Å². The molecule has 8 heteroatoms. The third-order valence-electron chi connectivity index (χ3n) is 4.95. The molecule has 0 atom stereocenters. The van der Waals surface area contributed by atoms with Crippen molar-refractivity contribution in [3.8, 4) is 11.5 Å². The summed E-state index contributed by atoms with van der Waals surface area (Å²) in [7, 11) is 3.12. The van der Waals surface area contributed by atoms with E-state index in [0.29, 0.717) is 35.7 Å². The third-order valence-corrected chi connectivity index (χ3v) is 4.95. The van der Waals surface area contributed by atoms with Gasteiger partial charge in [0, 0.05) is 12.1 Å². The molecule has 3 aromatic carbocycles. The van der Waals surface area contributed by atoms with Crippen LogP contribution in [-0.2, 0) is 16.0 Å². The lowest BCUT2D eigenvalue weighted by Crippen LogP contribution is -2.30. The number of benzene rings is 3. The van der Waals surface area contributed by atoms with E-state index in [4.69, 9.17) is 14.2 Å². The number of amides is 2. The van der Waals surface area contributed by atoms with E-state index >= 15 is 0 Å². The largest absolute Gasteiger partial charge is 0.493 e. The van der Waals surface area contributed by atoms with Crippen LogP contribution in [0.15, 0.2) is 72.8 Å². The summed E-state index contributed by atoms with van der Waals surface area (Å²) in [6, 6.07) is 20.6. The molecule has 0 aliphatic rings. The number of carbonyl (C=O) groups is 3. The Morgan fingerprint density at radius 1 is 0.824 bits per heavy atom. The van der Waals surface area contributed by atoms with Crippen LogP contribution in [0.2, 0.25) is 0 Å². The second kappa shape index (κ2) is 12.1. The SMILES string of the molecule is COc1ccc(CCNC(=O)COC(=O)c2ccccc2NC(=O)c2ccccc2)cc1OC. The first-order chi connectivity index (χ1) is 16.5. The average molecular weight is 463 g/mol. The molecule has 2 amide bonds. The smallest absolute Gasteiger partial charge is 0.340 e. The van der Waals surface area contributed by atoms with Gasteiger partial charge in [0.15, 0.2) is 18.1 Å². The van der Waals surface area contributed by atoms with Crippen molar-refractivity contribution in [2.24, 2.45) is 0 Å². The summed E-state index contributed by atoms with van der Waals surface area (Å²) in [5, 5.41) is 5.42. The van der Waals surface area contributed by atoms with Gasteiger partial charge in [0.25, 0.3) is 11.8 Å². The van der Waals surface area contributed by atoms with Crippen molar-refractivity contribution < 1.29 is 28.6 Å². The molecule has 8 nitrogen and oxygen atoms in total. The van der Waals surface area contributed by atoms with E-state index in [1.165, 1.54) is 6.07 Å². The number of esters is 1. The predicted molar refractivity (Wildman–Crippen MR) is 127 cm³/mol. The summed E-state index contributed by atoms with van der Waals surface area (Å²) < 4.78 is 15.6. The quantitative estimate of drug-likeness (QED) is 0.447. The zero-order valence-corrected chi connectivity index (χ0v) is 19.0. The highest BCUT2D eigenvalue weighted by atomic mass is 16.5. The maximum absolute atomic E-state index is 12.5. The van der Waals surface area contributed by atoms with Crippen LogP contribution in [0.1, 0.15) is 26.3 Å². The Bertz CT molecular complexity index is 1150. The number of nitrogens with one attached hydrogen (secondary N) is 2.